The van der Waals surface area contributed by atoms with E-state index in [0.717, 1.165) is 10.6 Å². The molecular formula is C24H17Cl2F5N2OS. The number of hydrazone groups is 1. The van der Waals surface area contributed by atoms with Gasteiger partial charge in [-0.1, -0.05) is 59.6 Å². The third kappa shape index (κ3) is 4.94. The number of halogens is 7. The van der Waals surface area contributed by atoms with Gasteiger partial charge in [0.1, 0.15) is 5.71 Å². The molecule has 0 saturated heterocycles. The fourth-order valence-corrected chi connectivity index (χ4v) is 4.68. The SMILES string of the molecule is CS(=O)c1ccc(-c2cccc(C3CC(C(F)(F)C(F)(F)F)=NN3c3cccc(Cl)c3Cl)c2)cc1. The number of anilines is 1. The number of alkyl halides is 5. The first-order valence-electron chi connectivity index (χ1n) is 10.2. The number of rotatable bonds is 5. The van der Waals surface area contributed by atoms with Crippen molar-refractivity contribution in [1.82, 2.24) is 0 Å². The minimum Gasteiger partial charge on any atom is -0.256 e. The molecule has 3 aromatic rings. The van der Waals surface area contributed by atoms with Gasteiger partial charge in [0.05, 0.1) is 21.8 Å². The molecule has 0 fully saturated rings. The molecule has 0 aliphatic carbocycles. The zero-order valence-electron chi connectivity index (χ0n) is 18.0. The van der Waals surface area contributed by atoms with Crippen LogP contribution in [0.1, 0.15) is 18.0 Å². The first kappa shape index (κ1) is 25.6. The van der Waals surface area contributed by atoms with E-state index in [1.54, 1.807) is 54.8 Å². The van der Waals surface area contributed by atoms with Gasteiger partial charge >= 0.3 is 12.1 Å². The maximum Gasteiger partial charge on any atom is 0.459 e. The summed E-state index contributed by atoms with van der Waals surface area (Å²) >= 11 is 12.3. The van der Waals surface area contributed by atoms with Crippen molar-refractivity contribution in [3.05, 3.63) is 82.3 Å². The number of hydrogen-bond acceptors (Lipinski definition) is 3. The van der Waals surface area contributed by atoms with E-state index in [-0.39, 0.29) is 15.7 Å². The highest BCUT2D eigenvalue weighted by molar-refractivity contribution is 7.84. The molecule has 0 aromatic heterocycles. The molecule has 0 saturated carbocycles. The van der Waals surface area contributed by atoms with Gasteiger partial charge < -0.3 is 0 Å². The summed E-state index contributed by atoms with van der Waals surface area (Å²) < 4.78 is 79.6. The van der Waals surface area contributed by atoms with E-state index in [2.05, 4.69) is 5.10 Å². The summed E-state index contributed by atoms with van der Waals surface area (Å²) in [4.78, 5) is 0.634. The van der Waals surface area contributed by atoms with Crippen LogP contribution < -0.4 is 5.01 Å². The Bertz CT molecular complexity index is 1310. The molecule has 11 heteroatoms. The van der Waals surface area contributed by atoms with Crippen molar-refractivity contribution >= 4 is 45.4 Å². The van der Waals surface area contributed by atoms with Crippen LogP contribution in [0.3, 0.4) is 0 Å². The molecule has 4 rings (SSSR count). The number of benzene rings is 3. The van der Waals surface area contributed by atoms with E-state index in [9.17, 15) is 26.2 Å². The first-order chi connectivity index (χ1) is 16.4. The van der Waals surface area contributed by atoms with Crippen LogP contribution in [-0.4, -0.2) is 28.3 Å². The Morgan fingerprint density at radius 3 is 2.23 bits per heavy atom. The Labute approximate surface area is 210 Å². The second-order valence-electron chi connectivity index (χ2n) is 7.86. The normalized spacial score (nSPS) is 17.4. The van der Waals surface area contributed by atoms with Gasteiger partial charge in [0.2, 0.25) is 0 Å². The van der Waals surface area contributed by atoms with E-state index >= 15 is 0 Å². The zero-order valence-corrected chi connectivity index (χ0v) is 20.3. The van der Waals surface area contributed by atoms with Crippen LogP contribution in [0.15, 0.2) is 76.7 Å². The quantitative estimate of drug-likeness (QED) is 0.304. The van der Waals surface area contributed by atoms with Crippen molar-refractivity contribution in [2.45, 2.75) is 29.5 Å². The molecule has 2 unspecified atom stereocenters. The van der Waals surface area contributed by atoms with Crippen LogP contribution in [0.2, 0.25) is 10.0 Å². The Morgan fingerprint density at radius 1 is 0.943 bits per heavy atom. The third-order valence-electron chi connectivity index (χ3n) is 5.60. The lowest BCUT2D eigenvalue weighted by Crippen LogP contribution is -2.43. The summed E-state index contributed by atoms with van der Waals surface area (Å²) in [6.07, 6.45) is -4.92. The van der Waals surface area contributed by atoms with Crippen molar-refractivity contribution in [1.29, 1.82) is 0 Å². The Hall–Kier alpha value is -2.49. The third-order valence-corrected chi connectivity index (χ3v) is 7.34. The van der Waals surface area contributed by atoms with E-state index in [1.165, 1.54) is 18.2 Å². The highest BCUT2D eigenvalue weighted by atomic mass is 35.5. The van der Waals surface area contributed by atoms with Crippen molar-refractivity contribution in [2.75, 3.05) is 11.3 Å². The molecule has 0 amide bonds. The van der Waals surface area contributed by atoms with Crippen molar-refractivity contribution in [3.63, 3.8) is 0 Å². The van der Waals surface area contributed by atoms with E-state index < -0.39 is 41.1 Å². The largest absolute Gasteiger partial charge is 0.459 e. The summed E-state index contributed by atoms with van der Waals surface area (Å²) in [7, 11) is -1.16. The van der Waals surface area contributed by atoms with Gasteiger partial charge in [-0.05, 0) is 47.0 Å². The van der Waals surface area contributed by atoms with Gasteiger partial charge in [-0.25, -0.2) is 0 Å². The summed E-state index contributed by atoms with van der Waals surface area (Å²) in [6, 6.07) is 17.1. The minimum absolute atomic E-state index is 0.0150. The lowest BCUT2D eigenvalue weighted by molar-refractivity contribution is -0.249. The molecule has 0 spiro atoms. The van der Waals surface area contributed by atoms with Crippen LogP contribution in [0, 0.1) is 0 Å². The van der Waals surface area contributed by atoms with Crippen molar-refractivity contribution < 1.29 is 26.2 Å². The molecule has 1 aliphatic heterocycles. The summed E-state index contributed by atoms with van der Waals surface area (Å²) in [5.41, 5.74) is 0.708. The standard InChI is InChI=1S/C24H17Cl2F5N2OS/c1-35(34)17-10-8-14(9-11-17)15-4-2-5-16(12-15)20-13-21(23(27,28)24(29,30)31)32-33(20)19-7-3-6-18(25)22(19)26/h2-12,20H,13H2,1H3. The van der Waals surface area contributed by atoms with Gasteiger partial charge in [0.15, 0.2) is 0 Å². The molecule has 3 nitrogen and oxygen atoms in total. The second kappa shape index (κ2) is 9.52. The van der Waals surface area contributed by atoms with Crippen LogP contribution in [-0.2, 0) is 10.8 Å². The van der Waals surface area contributed by atoms with Crippen LogP contribution in [0.5, 0.6) is 0 Å². The van der Waals surface area contributed by atoms with Crippen molar-refractivity contribution in [3.8, 4) is 11.1 Å². The molecular weight excluding hydrogens is 530 g/mol. The topological polar surface area (TPSA) is 32.7 Å². The minimum atomic E-state index is -5.80. The summed E-state index contributed by atoms with van der Waals surface area (Å²) in [5.74, 6) is -5.12. The molecule has 1 aliphatic rings. The van der Waals surface area contributed by atoms with E-state index in [1.807, 2.05) is 0 Å². The van der Waals surface area contributed by atoms with Crippen LogP contribution in [0.25, 0.3) is 11.1 Å². The summed E-state index contributed by atoms with van der Waals surface area (Å²) in [5, 5.41) is 4.85. The van der Waals surface area contributed by atoms with Gasteiger partial charge in [0.25, 0.3) is 0 Å². The van der Waals surface area contributed by atoms with Crippen LogP contribution in [0.4, 0.5) is 27.6 Å². The molecule has 3 aromatic carbocycles. The highest BCUT2D eigenvalue weighted by Crippen LogP contribution is 2.47. The van der Waals surface area contributed by atoms with E-state index in [0.29, 0.717) is 16.0 Å². The lowest BCUT2D eigenvalue weighted by Gasteiger charge is -2.25. The number of nitrogens with zero attached hydrogens (tertiary/aromatic N) is 2. The predicted molar refractivity (Wildman–Crippen MR) is 129 cm³/mol. The maximum atomic E-state index is 14.3. The second-order valence-corrected chi connectivity index (χ2v) is 10.0. The molecule has 1 heterocycles. The average molecular weight is 547 g/mol. The number of hydrogen-bond donors (Lipinski definition) is 0. The monoisotopic (exact) mass is 546 g/mol. The van der Waals surface area contributed by atoms with Crippen molar-refractivity contribution in [2.24, 2.45) is 5.10 Å². The summed E-state index contributed by atoms with van der Waals surface area (Å²) in [6.45, 7) is 0. The fraction of sp³-hybridized carbons (Fsp3) is 0.208. The molecule has 184 valence electrons. The molecule has 0 N–H and O–H groups in total. The molecule has 0 radical (unpaired) electrons. The van der Waals surface area contributed by atoms with E-state index in [4.69, 9.17) is 23.2 Å². The van der Waals surface area contributed by atoms with Gasteiger partial charge in [0, 0.05) is 28.4 Å². The van der Waals surface area contributed by atoms with Crippen LogP contribution >= 0.6 is 23.2 Å². The molecule has 35 heavy (non-hydrogen) atoms. The smallest absolute Gasteiger partial charge is 0.256 e. The highest BCUT2D eigenvalue weighted by Gasteiger charge is 2.62. The Kier molecular flexibility index (Phi) is 6.96. The first-order valence-corrected chi connectivity index (χ1v) is 12.5. The molecule has 2 atom stereocenters. The predicted octanol–water partition coefficient (Wildman–Crippen LogP) is 7.90. The van der Waals surface area contributed by atoms with Gasteiger partial charge in [-0.3, -0.25) is 9.22 Å². The zero-order chi connectivity index (χ0) is 25.5. The van der Waals surface area contributed by atoms with Gasteiger partial charge in [-0.15, -0.1) is 0 Å². The molecule has 0 bridgehead atoms. The Balaban J connectivity index is 1.78. The maximum absolute atomic E-state index is 14.3. The Morgan fingerprint density at radius 2 is 1.60 bits per heavy atom. The fourth-order valence-electron chi connectivity index (χ4n) is 3.78. The lowest BCUT2D eigenvalue weighted by atomic mass is 9.95. The van der Waals surface area contributed by atoms with Gasteiger partial charge in [-0.2, -0.15) is 27.1 Å². The average Bonchev–Trinajstić information content (AvgIpc) is 3.26.